The van der Waals surface area contributed by atoms with Gasteiger partial charge in [-0.2, -0.15) is 5.10 Å². The van der Waals surface area contributed by atoms with E-state index in [9.17, 15) is 5.11 Å². The van der Waals surface area contributed by atoms with Gasteiger partial charge in [0, 0.05) is 36.1 Å². The van der Waals surface area contributed by atoms with Gasteiger partial charge in [0.2, 0.25) is 0 Å². The van der Waals surface area contributed by atoms with Gasteiger partial charge in [-0.15, -0.1) is 0 Å². The van der Waals surface area contributed by atoms with E-state index in [4.69, 9.17) is 23.2 Å². The van der Waals surface area contributed by atoms with Gasteiger partial charge >= 0.3 is 0 Å². The second-order valence-electron chi connectivity index (χ2n) is 4.19. The molecule has 0 aliphatic heterocycles. The summed E-state index contributed by atoms with van der Waals surface area (Å²) in [4.78, 5) is 0. The second kappa shape index (κ2) is 6.80. The summed E-state index contributed by atoms with van der Waals surface area (Å²) in [5, 5.41) is 18.0. The molecule has 0 bridgehead atoms. The molecular weight excluding hydrogens is 285 g/mol. The van der Waals surface area contributed by atoms with E-state index in [2.05, 4.69) is 10.4 Å². The highest BCUT2D eigenvalue weighted by molar-refractivity contribution is 6.35. The standard InChI is InChI=1S/C13H15Cl2N3O/c14-11-7-10(13(19)12(15)8-11)9-16-3-1-5-18-6-2-4-17-18/h2,4,6-8,16,19H,1,3,5,9H2. The lowest BCUT2D eigenvalue weighted by Gasteiger charge is -2.09. The van der Waals surface area contributed by atoms with E-state index in [0.29, 0.717) is 17.1 Å². The third kappa shape index (κ3) is 4.13. The Morgan fingerprint density at radius 1 is 1.32 bits per heavy atom. The number of aromatic hydroxyl groups is 1. The van der Waals surface area contributed by atoms with Gasteiger partial charge in [-0.05, 0) is 31.2 Å². The van der Waals surface area contributed by atoms with E-state index in [1.807, 2.05) is 16.9 Å². The number of halogens is 2. The third-order valence-electron chi connectivity index (χ3n) is 2.72. The number of hydrogen-bond acceptors (Lipinski definition) is 3. The lowest BCUT2D eigenvalue weighted by atomic mass is 10.2. The summed E-state index contributed by atoms with van der Waals surface area (Å²) in [5.41, 5.74) is 0.705. The molecule has 0 radical (unpaired) electrons. The molecule has 6 heteroatoms. The maximum Gasteiger partial charge on any atom is 0.138 e. The van der Waals surface area contributed by atoms with Crippen molar-refractivity contribution in [1.29, 1.82) is 0 Å². The second-order valence-corrected chi connectivity index (χ2v) is 5.04. The Kier molecular flexibility index (Phi) is 5.07. The first-order valence-corrected chi connectivity index (χ1v) is 6.77. The molecule has 0 saturated heterocycles. The molecule has 0 fully saturated rings. The van der Waals surface area contributed by atoms with Gasteiger partial charge in [0.05, 0.1) is 5.02 Å². The van der Waals surface area contributed by atoms with Crippen LogP contribution < -0.4 is 5.32 Å². The summed E-state index contributed by atoms with van der Waals surface area (Å²) in [6, 6.07) is 5.14. The number of hydrogen-bond donors (Lipinski definition) is 2. The normalized spacial score (nSPS) is 10.8. The average Bonchev–Trinajstić information content (AvgIpc) is 2.87. The van der Waals surface area contributed by atoms with Crippen LogP contribution in [0, 0.1) is 0 Å². The van der Waals surface area contributed by atoms with E-state index in [-0.39, 0.29) is 10.8 Å². The van der Waals surface area contributed by atoms with Gasteiger partial charge in [0.25, 0.3) is 0 Å². The smallest absolute Gasteiger partial charge is 0.138 e. The van der Waals surface area contributed by atoms with E-state index >= 15 is 0 Å². The first kappa shape index (κ1) is 14.2. The number of aryl methyl sites for hydroxylation is 1. The number of rotatable bonds is 6. The minimum atomic E-state index is 0.0886. The molecule has 19 heavy (non-hydrogen) atoms. The van der Waals surface area contributed by atoms with Crippen LogP contribution in [0.2, 0.25) is 10.0 Å². The number of nitrogens with zero attached hydrogens (tertiary/aromatic N) is 2. The quantitative estimate of drug-likeness (QED) is 0.806. The Labute approximate surface area is 122 Å². The fraction of sp³-hybridized carbons (Fsp3) is 0.308. The Balaban J connectivity index is 1.76. The summed E-state index contributed by atoms with van der Waals surface area (Å²) in [6.45, 7) is 2.22. The van der Waals surface area contributed by atoms with Crippen LogP contribution in [0.3, 0.4) is 0 Å². The molecule has 2 rings (SSSR count). The molecule has 0 aliphatic carbocycles. The van der Waals surface area contributed by atoms with Gasteiger partial charge in [0.1, 0.15) is 5.75 Å². The topological polar surface area (TPSA) is 50.1 Å². The van der Waals surface area contributed by atoms with Crippen LogP contribution in [0.15, 0.2) is 30.6 Å². The van der Waals surface area contributed by atoms with E-state index in [1.165, 1.54) is 6.07 Å². The van der Waals surface area contributed by atoms with Crippen molar-refractivity contribution >= 4 is 23.2 Å². The van der Waals surface area contributed by atoms with Crippen molar-refractivity contribution in [2.45, 2.75) is 19.5 Å². The molecule has 0 atom stereocenters. The zero-order valence-corrected chi connectivity index (χ0v) is 11.8. The van der Waals surface area contributed by atoms with Crippen LogP contribution in [0.5, 0.6) is 5.75 Å². The lowest BCUT2D eigenvalue weighted by molar-refractivity contribution is 0.463. The number of phenolic OH excluding ortho intramolecular Hbond substituents is 1. The molecular formula is C13H15Cl2N3O. The third-order valence-corrected chi connectivity index (χ3v) is 3.23. The Bertz CT molecular complexity index is 529. The van der Waals surface area contributed by atoms with Crippen molar-refractivity contribution in [1.82, 2.24) is 15.1 Å². The maximum atomic E-state index is 9.78. The molecule has 1 aromatic heterocycles. The minimum Gasteiger partial charge on any atom is -0.506 e. The largest absolute Gasteiger partial charge is 0.506 e. The van der Waals surface area contributed by atoms with Crippen LogP contribution in [-0.2, 0) is 13.1 Å². The fourth-order valence-corrected chi connectivity index (χ4v) is 2.31. The van der Waals surface area contributed by atoms with Crippen LogP contribution in [0.4, 0.5) is 0 Å². The van der Waals surface area contributed by atoms with Crippen LogP contribution in [0.1, 0.15) is 12.0 Å². The number of phenols is 1. The van der Waals surface area contributed by atoms with E-state index in [1.54, 1.807) is 12.3 Å². The van der Waals surface area contributed by atoms with Gasteiger partial charge in [0.15, 0.2) is 0 Å². The zero-order valence-electron chi connectivity index (χ0n) is 10.3. The molecule has 1 heterocycles. The van der Waals surface area contributed by atoms with Crippen molar-refractivity contribution in [3.63, 3.8) is 0 Å². The molecule has 2 N–H and O–H groups in total. The molecule has 4 nitrogen and oxygen atoms in total. The van der Waals surface area contributed by atoms with Crippen molar-refractivity contribution in [3.8, 4) is 5.75 Å². The van der Waals surface area contributed by atoms with Gasteiger partial charge in [-0.3, -0.25) is 4.68 Å². The maximum absolute atomic E-state index is 9.78. The molecule has 0 amide bonds. The number of benzene rings is 1. The Hall–Kier alpha value is -1.23. The van der Waals surface area contributed by atoms with Crippen LogP contribution in [0.25, 0.3) is 0 Å². The summed E-state index contributed by atoms with van der Waals surface area (Å²) in [5.74, 6) is 0.0886. The molecule has 0 unspecified atom stereocenters. The molecule has 102 valence electrons. The van der Waals surface area contributed by atoms with E-state index < -0.39 is 0 Å². The SMILES string of the molecule is Oc1c(Cl)cc(Cl)cc1CNCCCn1cccn1. The van der Waals surface area contributed by atoms with Gasteiger partial charge < -0.3 is 10.4 Å². The highest BCUT2D eigenvalue weighted by Crippen LogP contribution is 2.30. The molecule has 0 spiro atoms. The predicted octanol–water partition coefficient (Wildman–Crippen LogP) is 3.08. The number of nitrogens with one attached hydrogen (secondary N) is 1. The molecule has 0 saturated carbocycles. The Morgan fingerprint density at radius 3 is 2.89 bits per heavy atom. The van der Waals surface area contributed by atoms with Gasteiger partial charge in [-0.1, -0.05) is 23.2 Å². The van der Waals surface area contributed by atoms with Crippen molar-refractivity contribution in [2.24, 2.45) is 0 Å². The number of aromatic nitrogens is 2. The monoisotopic (exact) mass is 299 g/mol. The van der Waals surface area contributed by atoms with Crippen molar-refractivity contribution < 1.29 is 5.11 Å². The summed E-state index contributed by atoms with van der Waals surface area (Å²) in [6.07, 6.45) is 4.65. The Morgan fingerprint density at radius 2 is 2.16 bits per heavy atom. The van der Waals surface area contributed by atoms with Crippen LogP contribution >= 0.6 is 23.2 Å². The molecule has 0 aliphatic rings. The summed E-state index contributed by atoms with van der Waals surface area (Å²) < 4.78 is 1.88. The predicted molar refractivity (Wildman–Crippen MR) is 76.7 cm³/mol. The zero-order chi connectivity index (χ0) is 13.7. The summed E-state index contributed by atoms with van der Waals surface area (Å²) in [7, 11) is 0. The highest BCUT2D eigenvalue weighted by atomic mass is 35.5. The highest BCUT2D eigenvalue weighted by Gasteiger charge is 2.07. The molecule has 2 aromatic rings. The lowest BCUT2D eigenvalue weighted by Crippen LogP contribution is -2.16. The first-order chi connectivity index (χ1) is 9.16. The van der Waals surface area contributed by atoms with Crippen molar-refractivity contribution in [2.75, 3.05) is 6.54 Å². The van der Waals surface area contributed by atoms with Gasteiger partial charge in [-0.25, -0.2) is 0 Å². The summed E-state index contributed by atoms with van der Waals surface area (Å²) >= 11 is 11.7. The molecule has 1 aromatic carbocycles. The van der Waals surface area contributed by atoms with Crippen molar-refractivity contribution in [3.05, 3.63) is 46.2 Å². The fourth-order valence-electron chi connectivity index (χ4n) is 1.78. The van der Waals surface area contributed by atoms with Crippen LogP contribution in [-0.4, -0.2) is 21.4 Å². The minimum absolute atomic E-state index is 0.0886. The average molecular weight is 300 g/mol. The first-order valence-electron chi connectivity index (χ1n) is 6.02. The van der Waals surface area contributed by atoms with E-state index in [0.717, 1.165) is 19.5 Å².